The van der Waals surface area contributed by atoms with Crippen LogP contribution in [0, 0.1) is 11.6 Å². The number of hydrogen-bond donors (Lipinski definition) is 2. The second-order valence-electron chi connectivity index (χ2n) is 3.04. The number of rotatable bonds is 4. The van der Waals surface area contributed by atoms with Gasteiger partial charge in [-0.25, -0.2) is 8.78 Å². The Bertz CT molecular complexity index is 304. The van der Waals surface area contributed by atoms with Crippen LogP contribution in [0.25, 0.3) is 0 Å². The van der Waals surface area contributed by atoms with Crippen molar-refractivity contribution in [2.45, 2.75) is 19.4 Å². The summed E-state index contributed by atoms with van der Waals surface area (Å²) < 4.78 is 25.7. The van der Waals surface area contributed by atoms with Gasteiger partial charge in [0, 0.05) is 6.54 Å². The molecule has 78 valence electrons. The van der Waals surface area contributed by atoms with Gasteiger partial charge < -0.3 is 10.4 Å². The predicted octanol–water partition coefficient (Wildman–Crippen LogP) is 2.15. The zero-order chi connectivity index (χ0) is 10.6. The summed E-state index contributed by atoms with van der Waals surface area (Å²) in [5.74, 6) is -1.79. The first-order chi connectivity index (χ1) is 6.65. The fourth-order valence-electron chi connectivity index (χ4n) is 1.01. The van der Waals surface area contributed by atoms with Crippen LogP contribution >= 0.6 is 0 Å². The van der Waals surface area contributed by atoms with E-state index in [1.165, 1.54) is 12.1 Å². The van der Waals surface area contributed by atoms with Crippen molar-refractivity contribution < 1.29 is 13.9 Å². The van der Waals surface area contributed by atoms with Crippen molar-refractivity contribution in [3.05, 3.63) is 29.8 Å². The summed E-state index contributed by atoms with van der Waals surface area (Å²) in [6.45, 7) is 2.03. The quantitative estimate of drug-likeness (QED) is 0.782. The van der Waals surface area contributed by atoms with Gasteiger partial charge in [0.25, 0.3) is 0 Å². The molecule has 0 aliphatic heterocycles. The Kier molecular flexibility index (Phi) is 3.83. The molecule has 14 heavy (non-hydrogen) atoms. The zero-order valence-electron chi connectivity index (χ0n) is 7.93. The van der Waals surface area contributed by atoms with Crippen LogP contribution in [0.2, 0.25) is 0 Å². The number of nitrogens with one attached hydrogen (secondary N) is 1. The van der Waals surface area contributed by atoms with Crippen molar-refractivity contribution in [2.24, 2.45) is 0 Å². The molecule has 1 atom stereocenters. The van der Waals surface area contributed by atoms with Gasteiger partial charge in [0.2, 0.25) is 0 Å². The van der Waals surface area contributed by atoms with Gasteiger partial charge in [0.05, 0.1) is 11.8 Å². The minimum Gasteiger partial charge on any atom is -0.391 e. The van der Waals surface area contributed by atoms with E-state index in [4.69, 9.17) is 0 Å². The molecule has 0 saturated carbocycles. The summed E-state index contributed by atoms with van der Waals surface area (Å²) in [7, 11) is 0. The Morgan fingerprint density at radius 1 is 1.43 bits per heavy atom. The molecule has 1 rings (SSSR count). The van der Waals surface area contributed by atoms with E-state index in [1.54, 1.807) is 0 Å². The first kappa shape index (κ1) is 10.9. The third-order valence-corrected chi connectivity index (χ3v) is 1.95. The molecule has 2 N–H and O–H groups in total. The van der Waals surface area contributed by atoms with Gasteiger partial charge in [-0.15, -0.1) is 0 Å². The number of hydrogen-bond acceptors (Lipinski definition) is 2. The Morgan fingerprint density at radius 2 is 2.14 bits per heavy atom. The highest BCUT2D eigenvalue weighted by atomic mass is 19.2. The predicted molar refractivity (Wildman–Crippen MR) is 51.1 cm³/mol. The van der Waals surface area contributed by atoms with Gasteiger partial charge in [-0.3, -0.25) is 0 Å². The van der Waals surface area contributed by atoms with E-state index in [-0.39, 0.29) is 12.2 Å². The van der Waals surface area contributed by atoms with Gasteiger partial charge >= 0.3 is 0 Å². The maximum atomic E-state index is 13.0. The van der Waals surface area contributed by atoms with Crippen LogP contribution < -0.4 is 5.32 Å². The molecule has 0 fully saturated rings. The Labute approximate surface area is 81.6 Å². The van der Waals surface area contributed by atoms with Crippen molar-refractivity contribution in [3.63, 3.8) is 0 Å². The Morgan fingerprint density at radius 3 is 2.79 bits per heavy atom. The standard InChI is InChI=1S/C10H13F2NO/c1-2-7(14)6-13-9-5-3-4-8(11)10(9)12/h3-5,7,13-14H,2,6H2,1H3/t7-/m0/s1. The molecule has 0 amide bonds. The lowest BCUT2D eigenvalue weighted by atomic mass is 10.2. The van der Waals surface area contributed by atoms with Crippen LogP contribution in [0.5, 0.6) is 0 Å². The van der Waals surface area contributed by atoms with Crippen LogP contribution in [-0.2, 0) is 0 Å². The molecule has 0 aliphatic carbocycles. The molecule has 1 aromatic rings. The van der Waals surface area contributed by atoms with Crippen LogP contribution in [0.4, 0.5) is 14.5 Å². The SMILES string of the molecule is CC[C@H](O)CNc1cccc(F)c1F. The average molecular weight is 201 g/mol. The summed E-state index contributed by atoms with van der Waals surface area (Å²) in [4.78, 5) is 0. The summed E-state index contributed by atoms with van der Waals surface area (Å²) in [6.07, 6.45) is 0.0295. The summed E-state index contributed by atoms with van der Waals surface area (Å²) in [5, 5.41) is 11.8. The molecular formula is C10H13F2NO. The molecule has 0 spiro atoms. The molecule has 2 nitrogen and oxygen atoms in total. The Hall–Kier alpha value is -1.16. The van der Waals surface area contributed by atoms with Crippen LogP contribution in [0.15, 0.2) is 18.2 Å². The summed E-state index contributed by atoms with van der Waals surface area (Å²) in [5.41, 5.74) is 0.0810. The van der Waals surface area contributed by atoms with Gasteiger partial charge in [-0.05, 0) is 18.6 Å². The minimum atomic E-state index is -0.907. The van der Waals surface area contributed by atoms with Crippen LogP contribution in [0.1, 0.15) is 13.3 Å². The Balaban J connectivity index is 2.63. The van der Waals surface area contributed by atoms with Crippen molar-refractivity contribution in [1.29, 1.82) is 0 Å². The molecule has 0 heterocycles. The number of aliphatic hydroxyl groups is 1. The highest BCUT2D eigenvalue weighted by Crippen LogP contribution is 2.16. The van der Waals surface area contributed by atoms with Gasteiger partial charge in [-0.1, -0.05) is 13.0 Å². The van der Waals surface area contributed by atoms with E-state index < -0.39 is 17.7 Å². The smallest absolute Gasteiger partial charge is 0.181 e. The van der Waals surface area contributed by atoms with Crippen LogP contribution in [0.3, 0.4) is 0 Å². The molecule has 0 unspecified atom stereocenters. The highest BCUT2D eigenvalue weighted by Gasteiger charge is 2.08. The lowest BCUT2D eigenvalue weighted by Crippen LogP contribution is -2.18. The third-order valence-electron chi connectivity index (χ3n) is 1.95. The number of halogens is 2. The van der Waals surface area contributed by atoms with Gasteiger partial charge in [0.1, 0.15) is 0 Å². The topological polar surface area (TPSA) is 32.3 Å². The summed E-state index contributed by atoms with van der Waals surface area (Å²) >= 11 is 0. The normalized spacial score (nSPS) is 12.6. The third kappa shape index (κ3) is 2.67. The molecular weight excluding hydrogens is 188 g/mol. The second kappa shape index (κ2) is 4.91. The van der Waals surface area contributed by atoms with Gasteiger partial charge in [0.15, 0.2) is 11.6 Å². The monoisotopic (exact) mass is 201 g/mol. The molecule has 0 bridgehead atoms. The molecule has 0 saturated heterocycles. The first-order valence-electron chi connectivity index (χ1n) is 4.51. The van der Waals surface area contributed by atoms with Crippen LogP contribution in [-0.4, -0.2) is 17.8 Å². The maximum Gasteiger partial charge on any atom is 0.181 e. The molecule has 0 radical (unpaired) electrons. The molecule has 0 aromatic heterocycles. The molecule has 0 aliphatic rings. The van der Waals surface area contributed by atoms with E-state index in [9.17, 15) is 13.9 Å². The molecule has 4 heteroatoms. The van der Waals surface area contributed by atoms with E-state index >= 15 is 0 Å². The minimum absolute atomic E-state index is 0.0810. The zero-order valence-corrected chi connectivity index (χ0v) is 7.93. The summed E-state index contributed by atoms with van der Waals surface area (Å²) in [6, 6.07) is 3.90. The molecule has 1 aromatic carbocycles. The largest absolute Gasteiger partial charge is 0.391 e. The highest BCUT2D eigenvalue weighted by molar-refractivity contribution is 5.44. The van der Waals surface area contributed by atoms with Crippen molar-refractivity contribution >= 4 is 5.69 Å². The maximum absolute atomic E-state index is 13.0. The van der Waals surface area contributed by atoms with Gasteiger partial charge in [-0.2, -0.15) is 0 Å². The number of anilines is 1. The van der Waals surface area contributed by atoms with Crippen molar-refractivity contribution in [2.75, 3.05) is 11.9 Å². The fourth-order valence-corrected chi connectivity index (χ4v) is 1.01. The first-order valence-corrected chi connectivity index (χ1v) is 4.51. The second-order valence-corrected chi connectivity index (χ2v) is 3.04. The lowest BCUT2D eigenvalue weighted by molar-refractivity contribution is 0.183. The van der Waals surface area contributed by atoms with E-state index in [2.05, 4.69) is 5.32 Å². The van der Waals surface area contributed by atoms with E-state index in [0.29, 0.717) is 6.42 Å². The van der Waals surface area contributed by atoms with E-state index in [1.807, 2.05) is 6.92 Å². The van der Waals surface area contributed by atoms with Crippen molar-refractivity contribution in [1.82, 2.24) is 0 Å². The lowest BCUT2D eigenvalue weighted by Gasteiger charge is -2.11. The number of benzene rings is 1. The van der Waals surface area contributed by atoms with E-state index in [0.717, 1.165) is 6.07 Å². The average Bonchev–Trinajstić information content (AvgIpc) is 2.20. The van der Waals surface area contributed by atoms with Crippen molar-refractivity contribution in [3.8, 4) is 0 Å². The fraction of sp³-hybridized carbons (Fsp3) is 0.400. The number of aliphatic hydroxyl groups excluding tert-OH is 1.